The van der Waals surface area contributed by atoms with Crippen molar-refractivity contribution in [3.05, 3.63) is 29.8 Å². The normalized spacial score (nSPS) is 22.9. The number of hydrogen-bond donors (Lipinski definition) is 3. The van der Waals surface area contributed by atoms with E-state index < -0.39 is 0 Å². The minimum atomic E-state index is -0.138. The minimum Gasteiger partial charge on any atom is -0.492 e. The molecule has 0 unspecified atom stereocenters. The number of ether oxygens (including phenoxy) is 1. The highest BCUT2D eigenvalue weighted by molar-refractivity contribution is 5.78. The number of rotatable bonds is 6. The van der Waals surface area contributed by atoms with E-state index in [1.807, 2.05) is 24.3 Å². The summed E-state index contributed by atoms with van der Waals surface area (Å²) in [5.41, 5.74) is 1.10. The second kappa shape index (κ2) is 9.71. The lowest BCUT2D eigenvalue weighted by Gasteiger charge is -2.31. The van der Waals surface area contributed by atoms with Crippen LogP contribution in [0.15, 0.2) is 24.3 Å². The number of nitrogens with zero attached hydrogens (tertiary/aromatic N) is 1. The molecule has 0 aromatic heterocycles. The average molecular weight is 375 g/mol. The van der Waals surface area contributed by atoms with Gasteiger partial charge >= 0.3 is 0 Å². The topological polar surface area (TPSA) is 90.9 Å². The standard InChI is InChI=1S/C20H29N3O4/c24-10-8-19(25)21-16-5-3-6-17(12-16)22-20(26)14-23-9-11-27-18-7-2-1-4-15(18)13-23/h1-2,4,7,16-17,24H,3,5-6,8-14H2,(H,21,25)(H,22,26)/t16-,17-/m1/s1. The third-order valence-corrected chi connectivity index (χ3v) is 5.14. The lowest BCUT2D eigenvalue weighted by Crippen LogP contribution is -2.48. The van der Waals surface area contributed by atoms with Gasteiger partial charge in [0.05, 0.1) is 13.2 Å². The molecule has 1 aromatic rings. The van der Waals surface area contributed by atoms with Gasteiger partial charge in [-0.2, -0.15) is 0 Å². The minimum absolute atomic E-state index is 0.0155. The molecule has 0 bridgehead atoms. The van der Waals surface area contributed by atoms with Crippen molar-refractivity contribution in [1.82, 2.24) is 15.5 Å². The van der Waals surface area contributed by atoms with Gasteiger partial charge in [0.1, 0.15) is 12.4 Å². The van der Waals surface area contributed by atoms with Crippen molar-refractivity contribution in [1.29, 1.82) is 0 Å². The molecule has 27 heavy (non-hydrogen) atoms. The molecule has 1 aliphatic carbocycles. The van der Waals surface area contributed by atoms with Crippen molar-refractivity contribution in [3.63, 3.8) is 0 Å². The van der Waals surface area contributed by atoms with Crippen LogP contribution in [-0.4, -0.2) is 60.2 Å². The van der Waals surface area contributed by atoms with Gasteiger partial charge < -0.3 is 20.5 Å². The number of benzene rings is 1. The SMILES string of the molecule is O=C(CCO)N[C@@H]1CCC[C@@H](NC(=O)CN2CCOc3ccccc3C2)C1. The van der Waals surface area contributed by atoms with Crippen LogP contribution in [-0.2, 0) is 16.1 Å². The van der Waals surface area contributed by atoms with E-state index in [-0.39, 0.29) is 36.9 Å². The van der Waals surface area contributed by atoms with Crippen LogP contribution in [0.3, 0.4) is 0 Å². The van der Waals surface area contributed by atoms with Crippen molar-refractivity contribution in [3.8, 4) is 5.75 Å². The van der Waals surface area contributed by atoms with Gasteiger partial charge in [-0.3, -0.25) is 14.5 Å². The molecule has 7 heteroatoms. The van der Waals surface area contributed by atoms with Gasteiger partial charge in [-0.1, -0.05) is 18.2 Å². The molecule has 1 aliphatic heterocycles. The fourth-order valence-corrected chi connectivity index (χ4v) is 3.84. The largest absolute Gasteiger partial charge is 0.492 e. The number of para-hydroxylation sites is 1. The Labute approximate surface area is 160 Å². The van der Waals surface area contributed by atoms with Crippen LogP contribution in [0.1, 0.15) is 37.7 Å². The highest BCUT2D eigenvalue weighted by Crippen LogP contribution is 2.22. The molecule has 2 atom stereocenters. The zero-order valence-corrected chi connectivity index (χ0v) is 15.7. The second-order valence-corrected chi connectivity index (χ2v) is 7.34. The molecular weight excluding hydrogens is 346 g/mol. The summed E-state index contributed by atoms with van der Waals surface area (Å²) in [5.74, 6) is 0.786. The Morgan fingerprint density at radius 1 is 1.15 bits per heavy atom. The van der Waals surface area contributed by atoms with Crippen LogP contribution in [0.5, 0.6) is 5.75 Å². The summed E-state index contributed by atoms with van der Waals surface area (Å²) in [4.78, 5) is 26.3. The molecule has 1 fully saturated rings. The van der Waals surface area contributed by atoms with E-state index in [9.17, 15) is 9.59 Å². The van der Waals surface area contributed by atoms with Crippen LogP contribution in [0.25, 0.3) is 0 Å². The van der Waals surface area contributed by atoms with Crippen molar-refractivity contribution >= 4 is 11.8 Å². The predicted molar refractivity (Wildman–Crippen MR) is 101 cm³/mol. The van der Waals surface area contributed by atoms with Crippen LogP contribution in [0.2, 0.25) is 0 Å². The molecule has 0 spiro atoms. The summed E-state index contributed by atoms with van der Waals surface area (Å²) >= 11 is 0. The van der Waals surface area contributed by atoms with E-state index in [0.717, 1.165) is 37.0 Å². The van der Waals surface area contributed by atoms with E-state index in [1.165, 1.54) is 0 Å². The van der Waals surface area contributed by atoms with Crippen molar-refractivity contribution < 1.29 is 19.4 Å². The number of fused-ring (bicyclic) bond motifs is 1. The molecule has 3 N–H and O–H groups in total. The number of aliphatic hydroxyl groups is 1. The summed E-state index contributed by atoms with van der Waals surface area (Å²) < 4.78 is 5.75. The third kappa shape index (κ3) is 5.94. The fraction of sp³-hybridized carbons (Fsp3) is 0.600. The Kier molecular flexibility index (Phi) is 7.06. The van der Waals surface area contributed by atoms with Gasteiger partial charge in [0, 0.05) is 37.2 Å². The van der Waals surface area contributed by atoms with E-state index in [2.05, 4.69) is 15.5 Å². The van der Waals surface area contributed by atoms with Gasteiger partial charge in [-0.15, -0.1) is 0 Å². The summed E-state index contributed by atoms with van der Waals surface area (Å²) in [5, 5.41) is 14.9. The fourth-order valence-electron chi connectivity index (χ4n) is 3.84. The lowest BCUT2D eigenvalue weighted by atomic mass is 9.91. The molecule has 0 saturated heterocycles. The second-order valence-electron chi connectivity index (χ2n) is 7.34. The van der Waals surface area contributed by atoms with Crippen LogP contribution in [0, 0.1) is 0 Å². The van der Waals surface area contributed by atoms with E-state index in [4.69, 9.17) is 9.84 Å². The summed E-state index contributed by atoms with van der Waals surface area (Å²) in [7, 11) is 0. The van der Waals surface area contributed by atoms with Gasteiger partial charge in [0.2, 0.25) is 11.8 Å². The quantitative estimate of drug-likeness (QED) is 0.684. The van der Waals surface area contributed by atoms with Crippen molar-refractivity contribution in [2.75, 3.05) is 26.3 Å². The number of aliphatic hydroxyl groups excluding tert-OH is 1. The van der Waals surface area contributed by atoms with Crippen LogP contribution in [0.4, 0.5) is 0 Å². The Morgan fingerprint density at radius 3 is 2.67 bits per heavy atom. The average Bonchev–Trinajstić information content (AvgIpc) is 2.83. The van der Waals surface area contributed by atoms with Gasteiger partial charge in [-0.25, -0.2) is 0 Å². The monoisotopic (exact) mass is 375 g/mol. The van der Waals surface area contributed by atoms with Crippen LogP contribution < -0.4 is 15.4 Å². The molecule has 7 nitrogen and oxygen atoms in total. The first-order valence-corrected chi connectivity index (χ1v) is 9.76. The molecule has 1 heterocycles. The van der Waals surface area contributed by atoms with Crippen LogP contribution >= 0.6 is 0 Å². The number of nitrogens with one attached hydrogen (secondary N) is 2. The van der Waals surface area contributed by atoms with E-state index in [0.29, 0.717) is 26.2 Å². The third-order valence-electron chi connectivity index (χ3n) is 5.14. The molecule has 0 radical (unpaired) electrons. The molecule has 148 valence electrons. The molecule has 2 amide bonds. The molecule has 3 rings (SSSR count). The first-order valence-electron chi connectivity index (χ1n) is 9.76. The highest BCUT2D eigenvalue weighted by Gasteiger charge is 2.25. The maximum Gasteiger partial charge on any atom is 0.234 e. The van der Waals surface area contributed by atoms with Gasteiger partial charge in [0.25, 0.3) is 0 Å². The summed E-state index contributed by atoms with van der Waals surface area (Å²) in [6.45, 7) is 2.20. The Hall–Kier alpha value is -2.12. The lowest BCUT2D eigenvalue weighted by molar-refractivity contribution is -0.123. The molecule has 1 aromatic carbocycles. The maximum atomic E-state index is 12.5. The first kappa shape index (κ1) is 19.6. The van der Waals surface area contributed by atoms with Gasteiger partial charge in [0.15, 0.2) is 0 Å². The van der Waals surface area contributed by atoms with Gasteiger partial charge in [-0.05, 0) is 31.7 Å². The van der Waals surface area contributed by atoms with E-state index >= 15 is 0 Å². The maximum absolute atomic E-state index is 12.5. The molecular formula is C20H29N3O4. The zero-order chi connectivity index (χ0) is 19.1. The first-order chi connectivity index (χ1) is 13.1. The predicted octanol–water partition coefficient (Wildman–Crippen LogP) is 0.807. The highest BCUT2D eigenvalue weighted by atomic mass is 16.5. The Balaban J connectivity index is 1.47. The Morgan fingerprint density at radius 2 is 1.89 bits per heavy atom. The molecule has 2 aliphatic rings. The smallest absolute Gasteiger partial charge is 0.234 e. The summed E-state index contributed by atoms with van der Waals surface area (Å²) in [6.07, 6.45) is 3.70. The Bertz CT molecular complexity index is 652. The van der Waals surface area contributed by atoms with E-state index in [1.54, 1.807) is 0 Å². The zero-order valence-electron chi connectivity index (χ0n) is 15.7. The number of carbonyl (C=O) groups excluding carboxylic acids is 2. The number of amides is 2. The number of carbonyl (C=O) groups is 2. The summed E-state index contributed by atoms with van der Waals surface area (Å²) in [6, 6.07) is 8.10. The van der Waals surface area contributed by atoms with Crippen molar-refractivity contribution in [2.45, 2.75) is 50.7 Å². The molecule has 1 saturated carbocycles. The van der Waals surface area contributed by atoms with Crippen molar-refractivity contribution in [2.24, 2.45) is 0 Å². The number of hydrogen-bond acceptors (Lipinski definition) is 5.